The lowest BCUT2D eigenvalue weighted by molar-refractivity contribution is -0.201. The Kier molecular flexibility index (Phi) is 6.97. The fraction of sp³-hybridized carbons (Fsp3) is 0.467. The van der Waals surface area contributed by atoms with Gasteiger partial charge in [0.1, 0.15) is 0 Å². The highest BCUT2D eigenvalue weighted by Gasteiger charge is 2.44. The van der Waals surface area contributed by atoms with Gasteiger partial charge < -0.3 is 14.2 Å². The molecule has 0 spiro atoms. The number of carbonyl (C=O) groups is 1. The molecule has 11 heteroatoms. The molecule has 1 unspecified atom stereocenters. The van der Waals surface area contributed by atoms with Gasteiger partial charge in [-0.15, -0.1) is 0 Å². The maximum absolute atomic E-state index is 12.4. The van der Waals surface area contributed by atoms with Gasteiger partial charge in [0.25, 0.3) is 3.79 Å². The van der Waals surface area contributed by atoms with Crippen LogP contribution >= 0.6 is 34.8 Å². The molecular weight excluding hydrogens is 407 g/mol. The number of nitrogens with one attached hydrogen (secondary N) is 1. The lowest BCUT2D eigenvalue weighted by atomic mass is 9.93. The predicted octanol–water partition coefficient (Wildman–Crippen LogP) is 4.25. The van der Waals surface area contributed by atoms with E-state index in [9.17, 15) is 4.79 Å². The first-order valence-electron chi connectivity index (χ1n) is 7.48. The van der Waals surface area contributed by atoms with Crippen molar-refractivity contribution in [1.82, 2.24) is 0 Å². The topological polar surface area (TPSA) is 117 Å². The average Bonchev–Trinajstić information content (AvgIpc) is 2.60. The van der Waals surface area contributed by atoms with Crippen LogP contribution in [-0.4, -0.2) is 40.7 Å². The van der Waals surface area contributed by atoms with Gasteiger partial charge in [0.05, 0.1) is 18.2 Å². The van der Waals surface area contributed by atoms with Crippen LogP contribution in [0.25, 0.3) is 10.4 Å². The summed E-state index contributed by atoms with van der Waals surface area (Å²) in [6.45, 7) is 1.71. The van der Waals surface area contributed by atoms with Gasteiger partial charge in [-0.2, -0.15) is 0 Å². The Morgan fingerprint density at radius 3 is 2.58 bits per heavy atom. The van der Waals surface area contributed by atoms with E-state index in [1.165, 1.54) is 0 Å². The normalized spacial score (nSPS) is 25.7. The average molecular weight is 422 g/mol. The number of hydrogen-bond donors (Lipinski definition) is 1. The molecule has 0 aromatic heterocycles. The number of azide groups is 1. The van der Waals surface area contributed by atoms with Gasteiger partial charge in [-0.3, -0.25) is 5.41 Å². The Bertz CT molecular complexity index is 707. The number of alkyl halides is 3. The molecule has 0 saturated carbocycles. The fourth-order valence-electron chi connectivity index (χ4n) is 2.32. The Labute approximate surface area is 164 Å². The lowest BCUT2D eigenvalue weighted by Gasteiger charge is -2.39. The predicted molar refractivity (Wildman–Crippen MR) is 96.6 cm³/mol. The second-order valence-electron chi connectivity index (χ2n) is 5.51. The van der Waals surface area contributed by atoms with Gasteiger partial charge in [-0.1, -0.05) is 65.0 Å². The van der Waals surface area contributed by atoms with Crippen LogP contribution in [0.1, 0.15) is 17.3 Å². The number of halogens is 3. The zero-order valence-electron chi connectivity index (χ0n) is 13.5. The van der Waals surface area contributed by atoms with E-state index >= 15 is 0 Å². The maximum atomic E-state index is 12.4. The summed E-state index contributed by atoms with van der Waals surface area (Å²) >= 11 is 16.9. The van der Waals surface area contributed by atoms with Crippen LogP contribution in [0.15, 0.2) is 35.4 Å². The Balaban J connectivity index is 2.21. The van der Waals surface area contributed by atoms with Crippen LogP contribution < -0.4 is 0 Å². The third-order valence-electron chi connectivity index (χ3n) is 3.77. The highest BCUT2D eigenvalue weighted by Crippen LogP contribution is 2.32. The van der Waals surface area contributed by atoms with Crippen LogP contribution in [0.2, 0.25) is 0 Å². The number of esters is 1. The minimum absolute atomic E-state index is 0.00240. The van der Waals surface area contributed by atoms with E-state index in [2.05, 4.69) is 10.0 Å². The van der Waals surface area contributed by atoms with Gasteiger partial charge in [0, 0.05) is 10.8 Å². The molecule has 4 atom stereocenters. The highest BCUT2D eigenvalue weighted by atomic mass is 35.6. The minimum atomic E-state index is -2.09. The van der Waals surface area contributed by atoms with Gasteiger partial charge in [-0.05, 0) is 17.7 Å². The van der Waals surface area contributed by atoms with Crippen molar-refractivity contribution in [2.45, 2.75) is 29.2 Å². The molecule has 0 bridgehead atoms. The monoisotopic (exact) mass is 420 g/mol. The molecule has 140 valence electrons. The van der Waals surface area contributed by atoms with E-state index in [0.717, 1.165) is 0 Å². The second-order valence-corrected chi connectivity index (χ2v) is 7.80. The van der Waals surface area contributed by atoms with Crippen LogP contribution in [0.5, 0.6) is 0 Å². The summed E-state index contributed by atoms with van der Waals surface area (Å²) in [5.74, 6) is -1.76. The van der Waals surface area contributed by atoms with E-state index < -0.39 is 40.0 Å². The number of benzene rings is 1. The molecule has 1 fully saturated rings. The van der Waals surface area contributed by atoms with Crippen LogP contribution in [0, 0.1) is 11.3 Å². The van der Waals surface area contributed by atoms with E-state index in [1.54, 1.807) is 37.3 Å². The number of carbonyl (C=O) groups excluding carboxylic acids is 1. The summed E-state index contributed by atoms with van der Waals surface area (Å²) in [6, 6.07) is 7.71. The van der Waals surface area contributed by atoms with Crippen LogP contribution in [0.4, 0.5) is 0 Å². The minimum Gasteiger partial charge on any atom is -0.452 e. The molecule has 1 aliphatic rings. The molecule has 8 nitrogen and oxygen atoms in total. The molecule has 26 heavy (non-hydrogen) atoms. The summed E-state index contributed by atoms with van der Waals surface area (Å²) in [7, 11) is 0. The van der Waals surface area contributed by atoms with Crippen molar-refractivity contribution in [2.24, 2.45) is 11.0 Å². The summed E-state index contributed by atoms with van der Waals surface area (Å²) in [5.41, 5.74) is 9.00. The van der Waals surface area contributed by atoms with Crippen molar-refractivity contribution in [1.29, 1.82) is 5.41 Å². The Morgan fingerprint density at radius 1 is 1.35 bits per heavy atom. The Hall–Kier alpha value is -1.70. The summed E-state index contributed by atoms with van der Waals surface area (Å²) in [4.78, 5) is 15.1. The third-order valence-corrected chi connectivity index (χ3v) is 4.28. The molecule has 0 aliphatic carbocycles. The van der Waals surface area contributed by atoms with Gasteiger partial charge in [0.2, 0.25) is 12.2 Å². The SMILES string of the molecule is C[C@H]1[C@@H](N=[N+]=[N-])COC(OC(=N)C(Cl)(Cl)Cl)[C@H]1OC(=O)c1ccccc1. The van der Waals surface area contributed by atoms with E-state index in [1.807, 2.05) is 0 Å². The molecule has 0 amide bonds. The van der Waals surface area contributed by atoms with Gasteiger partial charge in [0.15, 0.2) is 6.10 Å². The maximum Gasteiger partial charge on any atom is 0.338 e. The standard InChI is InChI=1S/C15H15Cl3N4O4/c1-8-10(21-22-20)7-24-13(26-14(19)15(16,17)18)11(8)25-12(23)9-5-3-2-4-6-9/h2-6,8,10-11,13,19H,7H2,1H3/t8-,10-,11-,13?/m0/s1. The number of ether oxygens (including phenoxy) is 3. The van der Waals surface area contributed by atoms with E-state index in [4.69, 9.17) is 60.0 Å². The van der Waals surface area contributed by atoms with Crippen LogP contribution in [-0.2, 0) is 14.2 Å². The number of rotatable bonds is 4. The molecule has 1 heterocycles. The van der Waals surface area contributed by atoms with Crippen molar-refractivity contribution in [3.05, 3.63) is 46.3 Å². The first-order chi connectivity index (χ1) is 12.2. The molecule has 1 saturated heterocycles. The first kappa shape index (κ1) is 20.6. The molecule has 1 aliphatic heterocycles. The van der Waals surface area contributed by atoms with Gasteiger partial charge in [-0.25, -0.2) is 4.79 Å². The first-order valence-corrected chi connectivity index (χ1v) is 8.61. The third kappa shape index (κ3) is 5.16. The highest BCUT2D eigenvalue weighted by molar-refractivity contribution is 6.76. The van der Waals surface area contributed by atoms with E-state index in [-0.39, 0.29) is 6.61 Å². The number of hydrogen-bond acceptors (Lipinski definition) is 6. The molecule has 1 aromatic rings. The summed E-state index contributed by atoms with van der Waals surface area (Å²) in [6.07, 6.45) is -2.18. The molecule has 0 radical (unpaired) electrons. The zero-order valence-corrected chi connectivity index (χ0v) is 15.8. The van der Waals surface area contributed by atoms with Crippen molar-refractivity contribution < 1.29 is 19.0 Å². The van der Waals surface area contributed by atoms with Crippen LogP contribution in [0.3, 0.4) is 0 Å². The molecule has 1 aromatic carbocycles. The number of nitrogens with zero attached hydrogens (tertiary/aromatic N) is 3. The van der Waals surface area contributed by atoms with Crippen molar-refractivity contribution in [3.63, 3.8) is 0 Å². The second kappa shape index (κ2) is 8.79. The van der Waals surface area contributed by atoms with Crippen molar-refractivity contribution >= 4 is 46.7 Å². The van der Waals surface area contributed by atoms with E-state index in [0.29, 0.717) is 5.56 Å². The quantitative estimate of drug-likeness (QED) is 0.149. The molecule has 2 rings (SSSR count). The smallest absolute Gasteiger partial charge is 0.338 e. The van der Waals surface area contributed by atoms with Crippen molar-refractivity contribution in [2.75, 3.05) is 6.61 Å². The molecular formula is C15H15Cl3N4O4. The van der Waals surface area contributed by atoms with Crippen molar-refractivity contribution in [3.8, 4) is 0 Å². The summed E-state index contributed by atoms with van der Waals surface area (Å²) < 4.78 is 14.1. The Morgan fingerprint density at radius 2 is 2.00 bits per heavy atom. The zero-order chi connectivity index (χ0) is 19.3. The lowest BCUT2D eigenvalue weighted by Crippen LogP contribution is -2.51. The summed E-state index contributed by atoms with van der Waals surface area (Å²) in [5, 5.41) is 11.3. The molecule has 1 N–H and O–H groups in total. The van der Waals surface area contributed by atoms with Gasteiger partial charge >= 0.3 is 5.97 Å². The fourth-order valence-corrected chi connectivity index (χ4v) is 2.46. The largest absolute Gasteiger partial charge is 0.452 e.